The number of hydrogen-bond donors (Lipinski definition) is 0. The molecule has 0 radical (unpaired) electrons. The number of nitrogens with zero attached hydrogens (tertiary/aromatic N) is 2. The van der Waals surface area contributed by atoms with E-state index in [-0.39, 0.29) is 0 Å². The maximum absolute atomic E-state index is 2.80. The van der Waals surface area contributed by atoms with Gasteiger partial charge in [0, 0.05) is 0 Å². The second-order valence-electron chi connectivity index (χ2n) is 11.6. The third-order valence-electron chi connectivity index (χ3n) is 6.69. The van der Waals surface area contributed by atoms with Crippen molar-refractivity contribution in [2.75, 3.05) is 34.4 Å². The molecule has 1 aliphatic carbocycles. The van der Waals surface area contributed by atoms with E-state index >= 15 is 0 Å². The van der Waals surface area contributed by atoms with E-state index in [2.05, 4.69) is 91.3 Å². The average molecular weight is 496 g/mol. The molecule has 0 saturated heterocycles. The zero-order chi connectivity index (χ0) is 20.5. The van der Waals surface area contributed by atoms with Crippen LogP contribution in [0.1, 0.15) is 34.8 Å². The van der Waals surface area contributed by atoms with E-state index in [0.29, 0.717) is 0 Å². The Balaban J connectivity index is 2.26. The van der Waals surface area contributed by atoms with Crippen molar-refractivity contribution in [3.63, 3.8) is 0 Å². The molecule has 0 unspecified atom stereocenters. The summed E-state index contributed by atoms with van der Waals surface area (Å²) in [6.07, 6.45) is 6.93. The summed E-state index contributed by atoms with van der Waals surface area (Å²) in [6, 6.07) is 13.0. The van der Waals surface area contributed by atoms with Crippen LogP contribution in [0.2, 0.25) is 27.9 Å². The molecule has 3 atom stereocenters. The van der Waals surface area contributed by atoms with E-state index in [1.165, 1.54) is 31.9 Å². The summed E-state index contributed by atoms with van der Waals surface area (Å²) in [7, 11) is 8.21. The minimum absolute atomic E-state index is 0.747. The predicted molar refractivity (Wildman–Crippen MR) is 127 cm³/mol. The quantitative estimate of drug-likeness (QED) is 0.362. The molecule has 0 N–H and O–H groups in total. The van der Waals surface area contributed by atoms with Crippen LogP contribution < -0.4 is 0 Å². The van der Waals surface area contributed by atoms with Crippen molar-refractivity contribution in [1.82, 2.24) is 4.90 Å². The van der Waals surface area contributed by atoms with E-state index in [4.69, 9.17) is 0 Å². The molecule has 1 aromatic rings. The molecule has 0 aromatic heterocycles. The van der Waals surface area contributed by atoms with Crippen LogP contribution in [0.15, 0.2) is 30.3 Å². The van der Waals surface area contributed by atoms with Crippen LogP contribution >= 0.6 is 0 Å². The van der Waals surface area contributed by atoms with Crippen LogP contribution in [0.25, 0.3) is 0 Å². The fourth-order valence-corrected chi connectivity index (χ4v) is 35.5. The molecular weight excluding hydrogens is 451 g/mol. The predicted octanol–water partition coefficient (Wildman–Crippen LogP) is 5.38. The second kappa shape index (κ2) is 8.89. The third-order valence-corrected chi connectivity index (χ3v) is 28.3. The summed E-state index contributed by atoms with van der Waals surface area (Å²) < 4.78 is 1.99. The normalized spacial score (nSPS) is 23.5. The first-order chi connectivity index (χ1) is 12.3. The van der Waals surface area contributed by atoms with E-state index in [1.807, 2.05) is 0 Å². The molecular formula is C23H45N2SiSn+. The summed E-state index contributed by atoms with van der Waals surface area (Å²) in [5.41, 5.74) is 1.64. The van der Waals surface area contributed by atoms with Crippen LogP contribution in [0.5, 0.6) is 0 Å². The van der Waals surface area contributed by atoms with Gasteiger partial charge >= 0.3 is 175 Å². The first kappa shape index (κ1) is 23.4. The van der Waals surface area contributed by atoms with Gasteiger partial charge in [0.25, 0.3) is 0 Å². The molecule has 0 amide bonds. The van der Waals surface area contributed by atoms with Gasteiger partial charge in [-0.15, -0.1) is 0 Å². The van der Waals surface area contributed by atoms with Crippen molar-refractivity contribution in [1.29, 1.82) is 0 Å². The molecule has 1 aromatic carbocycles. The number of rotatable bonds is 7. The molecule has 4 heteroatoms. The van der Waals surface area contributed by atoms with Gasteiger partial charge in [-0.05, 0) is 0 Å². The van der Waals surface area contributed by atoms with Gasteiger partial charge in [-0.25, -0.2) is 0 Å². The van der Waals surface area contributed by atoms with E-state index in [0.717, 1.165) is 20.1 Å². The zero-order valence-corrected chi connectivity index (χ0v) is 23.4. The summed E-state index contributed by atoms with van der Waals surface area (Å²) in [4.78, 5) is 10.7. The van der Waals surface area contributed by atoms with Gasteiger partial charge < -0.3 is 0 Å². The van der Waals surface area contributed by atoms with Gasteiger partial charge in [-0.1, -0.05) is 0 Å². The van der Waals surface area contributed by atoms with Crippen LogP contribution in [-0.4, -0.2) is 82.3 Å². The van der Waals surface area contributed by atoms with Gasteiger partial charge in [0.2, 0.25) is 0 Å². The molecule has 0 aliphatic heterocycles. The Morgan fingerprint density at radius 2 is 1.59 bits per heavy atom. The SMILES string of the molecule is CN(C[Si](C)(C)[C@H](c1ccccc1)[Sn]([CH3])([CH3])[CH3])[C@@H]1CCCC[C@H]1[N+](C)(C)C. The fourth-order valence-electron chi connectivity index (χ4n) is 6.13. The molecule has 27 heavy (non-hydrogen) atoms. The Hall–Kier alpha value is 0.156. The third kappa shape index (κ3) is 6.07. The molecule has 1 saturated carbocycles. The Morgan fingerprint density at radius 3 is 2.11 bits per heavy atom. The monoisotopic (exact) mass is 497 g/mol. The molecule has 154 valence electrons. The van der Waals surface area contributed by atoms with Gasteiger partial charge in [0.05, 0.1) is 0 Å². The number of quaternary nitrogens is 1. The summed E-state index contributed by atoms with van der Waals surface area (Å²) in [6.45, 7) is 5.35. The molecule has 1 fully saturated rings. The number of likely N-dealkylation sites (N-methyl/N-ethyl adjacent to an activating group) is 2. The van der Waals surface area contributed by atoms with Crippen molar-refractivity contribution in [2.24, 2.45) is 0 Å². The summed E-state index contributed by atoms with van der Waals surface area (Å²) in [5, 5.41) is 0. The molecule has 2 rings (SSSR count). The number of hydrogen-bond acceptors (Lipinski definition) is 1. The second-order valence-corrected chi connectivity index (χ2v) is 33.3. The standard InChI is InChI=1S/C20H36N2Si.3CH3.Sn/c1-21(19-14-10-11-15-20(19)22(2,3)4)17-23(5,6)16-18-12-8-7-9-13-18;;;;/h7-9,12-13,16,19-20H,10-11,14-15,17H2,1-6H3;3*1H3;/q+1;;;;/t19-,20-;;;;/m1..../s1. The van der Waals surface area contributed by atoms with Crippen molar-refractivity contribution >= 4 is 26.5 Å². The Morgan fingerprint density at radius 1 is 1.04 bits per heavy atom. The van der Waals surface area contributed by atoms with Gasteiger partial charge in [-0.3, -0.25) is 0 Å². The van der Waals surface area contributed by atoms with E-state index in [9.17, 15) is 0 Å². The molecule has 1 aliphatic rings. The van der Waals surface area contributed by atoms with Crippen molar-refractivity contribution in [2.45, 2.75) is 69.2 Å². The Kier molecular flexibility index (Phi) is 7.71. The molecule has 0 spiro atoms. The average Bonchev–Trinajstić information content (AvgIpc) is 2.53. The van der Waals surface area contributed by atoms with E-state index in [1.54, 1.807) is 5.56 Å². The molecule has 2 nitrogen and oxygen atoms in total. The minimum atomic E-state index is -2.12. The van der Waals surface area contributed by atoms with Crippen LogP contribution in [0.4, 0.5) is 0 Å². The van der Waals surface area contributed by atoms with Crippen molar-refractivity contribution in [3.8, 4) is 0 Å². The van der Waals surface area contributed by atoms with Crippen LogP contribution in [0.3, 0.4) is 0 Å². The van der Waals surface area contributed by atoms with E-state index < -0.39 is 26.5 Å². The first-order valence-corrected chi connectivity index (χ1v) is 24.4. The topological polar surface area (TPSA) is 3.24 Å². The first-order valence-electron chi connectivity index (χ1n) is 10.9. The summed E-state index contributed by atoms with van der Waals surface area (Å²) >= 11 is -2.12. The van der Waals surface area contributed by atoms with Crippen molar-refractivity contribution in [3.05, 3.63) is 35.9 Å². The van der Waals surface area contributed by atoms with Crippen LogP contribution in [0, 0.1) is 0 Å². The Bertz CT molecular complexity index is 589. The molecule has 0 bridgehead atoms. The number of benzene rings is 1. The van der Waals surface area contributed by atoms with Crippen LogP contribution in [-0.2, 0) is 0 Å². The zero-order valence-electron chi connectivity index (χ0n) is 19.5. The fraction of sp³-hybridized carbons (Fsp3) is 0.739. The van der Waals surface area contributed by atoms with Gasteiger partial charge in [-0.2, -0.15) is 0 Å². The van der Waals surface area contributed by atoms with Crippen molar-refractivity contribution < 1.29 is 4.48 Å². The Labute approximate surface area is 174 Å². The summed E-state index contributed by atoms with van der Waals surface area (Å²) in [5.74, 6) is 0. The van der Waals surface area contributed by atoms with Gasteiger partial charge in [0.1, 0.15) is 0 Å². The molecule has 0 heterocycles. The van der Waals surface area contributed by atoms with Gasteiger partial charge in [0.15, 0.2) is 0 Å². The maximum atomic E-state index is 2.80.